The number of carbonyl (C=O) groups is 2. The third-order valence-electron chi connectivity index (χ3n) is 2.15. The van der Waals surface area contributed by atoms with Gasteiger partial charge in [0.15, 0.2) is 17.6 Å². The van der Waals surface area contributed by atoms with Crippen LogP contribution in [0.1, 0.15) is 20.3 Å². The van der Waals surface area contributed by atoms with Crippen molar-refractivity contribution in [3.8, 4) is 0 Å². The number of nitrogens with two attached hydrogens (primary N) is 4. The molecule has 0 aromatic carbocycles. The first-order valence-electron chi connectivity index (χ1n) is 6.31. The van der Waals surface area contributed by atoms with Crippen molar-refractivity contribution in [1.82, 2.24) is 0 Å². The van der Waals surface area contributed by atoms with Crippen molar-refractivity contribution in [2.45, 2.75) is 25.9 Å². The molecule has 0 saturated heterocycles. The molecule has 1 atom stereocenters. The molecule has 0 aliphatic heterocycles. The van der Waals surface area contributed by atoms with Crippen molar-refractivity contribution in [3.63, 3.8) is 0 Å². The van der Waals surface area contributed by atoms with Crippen molar-refractivity contribution >= 4 is 31.3 Å². The Morgan fingerprint density at radius 3 is 1.82 bits per heavy atom. The molecule has 0 aromatic rings. The average molecular weight is 336 g/mol. The van der Waals surface area contributed by atoms with E-state index < -0.39 is 43.4 Å². The summed E-state index contributed by atoms with van der Waals surface area (Å²) in [6, 6.07) is 0. The van der Waals surface area contributed by atoms with Gasteiger partial charge >= 0.3 is 7.60 Å². The van der Waals surface area contributed by atoms with Gasteiger partial charge in [-0.3, -0.25) is 14.2 Å². The molecule has 22 heavy (non-hydrogen) atoms. The molecule has 0 aliphatic carbocycles. The van der Waals surface area contributed by atoms with Crippen LogP contribution in [0, 0.1) is 0 Å². The minimum atomic E-state index is -3.98. The van der Waals surface area contributed by atoms with E-state index in [1.54, 1.807) is 13.8 Å². The van der Waals surface area contributed by atoms with Crippen molar-refractivity contribution in [1.29, 1.82) is 0 Å². The van der Waals surface area contributed by atoms with Crippen LogP contribution < -0.4 is 22.9 Å². The highest BCUT2D eigenvalue weighted by atomic mass is 31.2. The molecule has 0 saturated carbocycles. The van der Waals surface area contributed by atoms with Crippen LogP contribution in [0.3, 0.4) is 0 Å². The minimum absolute atomic E-state index is 0.0145. The molecule has 0 fully saturated rings. The van der Waals surface area contributed by atoms with E-state index in [0.29, 0.717) is 0 Å². The number of rotatable bonds is 8. The molecule has 1 unspecified atom stereocenters. The van der Waals surface area contributed by atoms with Crippen LogP contribution in [0.2, 0.25) is 0 Å². The molecule has 0 aliphatic rings. The average Bonchev–Trinajstić information content (AvgIpc) is 2.34. The number of amides is 2. The number of aliphatic imine (C=N–C) groups is 2. The fourth-order valence-corrected chi connectivity index (χ4v) is 3.33. The Labute approximate surface area is 127 Å². The largest absolute Gasteiger partial charge is 0.370 e. The molecular weight excluding hydrogens is 315 g/mol. The monoisotopic (exact) mass is 336 g/mol. The Hall–Kier alpha value is -1.97. The highest BCUT2D eigenvalue weighted by molar-refractivity contribution is 7.55. The summed E-state index contributed by atoms with van der Waals surface area (Å²) in [5.41, 5.74) is 18.8. The van der Waals surface area contributed by atoms with E-state index in [4.69, 9.17) is 32.0 Å². The van der Waals surface area contributed by atoms with E-state index in [2.05, 4.69) is 9.98 Å². The quantitative estimate of drug-likeness (QED) is 0.234. The van der Waals surface area contributed by atoms with E-state index in [-0.39, 0.29) is 13.2 Å². The summed E-state index contributed by atoms with van der Waals surface area (Å²) in [5, 5.41) is 0. The van der Waals surface area contributed by atoms with Crippen LogP contribution in [-0.2, 0) is 23.2 Å². The summed E-state index contributed by atoms with van der Waals surface area (Å²) >= 11 is 0. The van der Waals surface area contributed by atoms with E-state index in [1.165, 1.54) is 0 Å². The second kappa shape index (κ2) is 9.13. The van der Waals surface area contributed by atoms with Gasteiger partial charge in [-0.2, -0.15) is 9.98 Å². The second-order valence-electron chi connectivity index (χ2n) is 3.90. The molecule has 12 heteroatoms. The van der Waals surface area contributed by atoms with Gasteiger partial charge in [0.2, 0.25) is 5.91 Å². The summed E-state index contributed by atoms with van der Waals surface area (Å²) in [6.45, 7) is 3.07. The lowest BCUT2D eigenvalue weighted by atomic mass is 10.3. The second-order valence-corrected chi connectivity index (χ2v) is 6.12. The fraction of sp³-hybridized carbons (Fsp3) is 0.600. The van der Waals surface area contributed by atoms with Crippen LogP contribution in [0.15, 0.2) is 9.98 Å². The summed E-state index contributed by atoms with van der Waals surface area (Å²) in [4.78, 5) is 30.2. The van der Waals surface area contributed by atoms with Gasteiger partial charge in [0.05, 0.1) is 19.6 Å². The van der Waals surface area contributed by atoms with Crippen LogP contribution >= 0.6 is 7.60 Å². The van der Waals surface area contributed by atoms with E-state index in [9.17, 15) is 14.2 Å². The van der Waals surface area contributed by atoms with Crippen LogP contribution in [0.4, 0.5) is 0 Å². The van der Waals surface area contributed by atoms with Crippen molar-refractivity contribution in [2.75, 3.05) is 13.2 Å². The number of hydrogen-bond donors (Lipinski definition) is 4. The highest BCUT2D eigenvalue weighted by Gasteiger charge is 2.42. The Bertz CT molecular complexity index is 502. The molecule has 0 rings (SSSR count). The molecule has 0 spiro atoms. The Morgan fingerprint density at radius 1 is 1.00 bits per heavy atom. The molecule has 11 nitrogen and oxygen atoms in total. The van der Waals surface area contributed by atoms with Gasteiger partial charge in [0.25, 0.3) is 5.91 Å². The predicted molar refractivity (Wildman–Crippen MR) is 80.9 cm³/mol. The van der Waals surface area contributed by atoms with Crippen LogP contribution in [0.25, 0.3) is 0 Å². The van der Waals surface area contributed by atoms with Crippen molar-refractivity contribution < 1.29 is 23.2 Å². The normalized spacial score (nSPS) is 12.3. The summed E-state index contributed by atoms with van der Waals surface area (Å²) in [5.74, 6) is -2.96. The first-order chi connectivity index (χ1) is 10.2. The third kappa shape index (κ3) is 6.66. The zero-order chi connectivity index (χ0) is 17.3. The zero-order valence-corrected chi connectivity index (χ0v) is 13.3. The summed E-state index contributed by atoms with van der Waals surface area (Å²) in [6.07, 6.45) is -0.634. The Morgan fingerprint density at radius 2 is 1.45 bits per heavy atom. The number of carbonyl (C=O) groups excluding carboxylic acids is 2. The SMILES string of the molecule is CCOP(=O)(OCC)C(CC(=O)N=C(N)N)C(=O)N=C(N)N. The first-order valence-corrected chi connectivity index (χ1v) is 7.92. The number of nitrogens with zero attached hydrogens (tertiary/aromatic N) is 2. The standard InChI is InChI=1S/C10H21N6O5P/c1-3-20-22(19,21-4-2)6(8(18)16-10(13)14)5-7(17)15-9(11)12/h6H,3-5H2,1-2H3,(H4,11,12,15,17)(H4,13,14,16,18). The van der Waals surface area contributed by atoms with Gasteiger partial charge in [-0.25, -0.2) is 0 Å². The number of hydrogen-bond acceptors (Lipinski definition) is 5. The molecular formula is C10H21N6O5P. The molecule has 2 amide bonds. The van der Waals surface area contributed by atoms with E-state index in [0.717, 1.165) is 0 Å². The van der Waals surface area contributed by atoms with Gasteiger partial charge in [0, 0.05) is 0 Å². The Balaban J connectivity index is 5.62. The van der Waals surface area contributed by atoms with Crippen molar-refractivity contribution in [3.05, 3.63) is 0 Å². The van der Waals surface area contributed by atoms with Crippen molar-refractivity contribution in [2.24, 2.45) is 32.9 Å². The maximum absolute atomic E-state index is 12.7. The molecule has 0 bridgehead atoms. The van der Waals surface area contributed by atoms with Gasteiger partial charge in [-0.1, -0.05) is 0 Å². The zero-order valence-electron chi connectivity index (χ0n) is 12.4. The lowest BCUT2D eigenvalue weighted by Crippen LogP contribution is -2.31. The van der Waals surface area contributed by atoms with Crippen LogP contribution in [-0.4, -0.2) is 42.6 Å². The molecule has 126 valence electrons. The smallest absolute Gasteiger partial charge is 0.343 e. The van der Waals surface area contributed by atoms with E-state index in [1.807, 2.05) is 0 Å². The molecule has 0 radical (unpaired) electrons. The maximum atomic E-state index is 12.7. The van der Waals surface area contributed by atoms with Gasteiger partial charge in [0.1, 0.15) is 0 Å². The first kappa shape index (κ1) is 20.0. The molecule has 0 aromatic heterocycles. The van der Waals surface area contributed by atoms with Gasteiger partial charge < -0.3 is 32.0 Å². The molecule has 8 N–H and O–H groups in total. The van der Waals surface area contributed by atoms with Crippen LogP contribution in [0.5, 0.6) is 0 Å². The lowest BCUT2D eigenvalue weighted by Gasteiger charge is -2.23. The number of guanidine groups is 2. The molecule has 0 heterocycles. The van der Waals surface area contributed by atoms with Gasteiger partial charge in [-0.15, -0.1) is 0 Å². The minimum Gasteiger partial charge on any atom is -0.370 e. The van der Waals surface area contributed by atoms with E-state index >= 15 is 0 Å². The highest BCUT2D eigenvalue weighted by Crippen LogP contribution is 2.54. The fourth-order valence-electron chi connectivity index (χ4n) is 1.47. The Kier molecular flexibility index (Phi) is 8.31. The topological polar surface area (TPSA) is 198 Å². The van der Waals surface area contributed by atoms with Gasteiger partial charge in [-0.05, 0) is 13.8 Å². The summed E-state index contributed by atoms with van der Waals surface area (Å²) < 4.78 is 22.8. The maximum Gasteiger partial charge on any atom is 0.343 e. The predicted octanol–water partition coefficient (Wildman–Crippen LogP) is -1.39. The summed E-state index contributed by atoms with van der Waals surface area (Å²) in [7, 11) is -3.98. The third-order valence-corrected chi connectivity index (χ3v) is 4.55. The lowest BCUT2D eigenvalue weighted by molar-refractivity contribution is -0.123.